The van der Waals surface area contributed by atoms with Crippen molar-refractivity contribution in [1.82, 2.24) is 14.8 Å². The average molecular weight is 449 g/mol. The Kier molecular flexibility index (Phi) is 7.22. The number of halogens is 1. The number of hydrogen-bond acceptors (Lipinski definition) is 7. The summed E-state index contributed by atoms with van der Waals surface area (Å²) >= 11 is 2.50. The van der Waals surface area contributed by atoms with E-state index >= 15 is 0 Å². The summed E-state index contributed by atoms with van der Waals surface area (Å²) in [5.41, 5.74) is 1.48. The van der Waals surface area contributed by atoms with Crippen LogP contribution in [0.15, 0.2) is 34.8 Å². The number of thioether (sulfide) groups is 1. The SMILES string of the molecule is CCc1nnc(SCC(=O)Nc2scc(-c3ccc(F)cc3)c2C(=O)OC)n1CC. The molecule has 1 aromatic carbocycles. The summed E-state index contributed by atoms with van der Waals surface area (Å²) in [6, 6.07) is 5.79. The third kappa shape index (κ3) is 4.71. The van der Waals surface area contributed by atoms with Crippen LogP contribution in [0.5, 0.6) is 0 Å². The number of esters is 1. The van der Waals surface area contributed by atoms with Gasteiger partial charge in [0, 0.05) is 23.9 Å². The molecule has 0 aliphatic rings. The summed E-state index contributed by atoms with van der Waals surface area (Å²) < 4.78 is 20.1. The van der Waals surface area contributed by atoms with Gasteiger partial charge in [0.05, 0.1) is 12.9 Å². The largest absolute Gasteiger partial charge is 0.465 e. The van der Waals surface area contributed by atoms with Crippen LogP contribution in [0.25, 0.3) is 11.1 Å². The molecule has 1 N–H and O–H groups in total. The van der Waals surface area contributed by atoms with Crippen LogP contribution < -0.4 is 5.32 Å². The molecule has 0 unspecified atom stereocenters. The van der Waals surface area contributed by atoms with Crippen molar-refractivity contribution in [2.75, 3.05) is 18.2 Å². The lowest BCUT2D eigenvalue weighted by atomic mass is 10.0. The van der Waals surface area contributed by atoms with E-state index < -0.39 is 5.97 Å². The Bertz CT molecular complexity index is 1050. The molecule has 0 saturated carbocycles. The first-order valence-corrected chi connectivity index (χ1v) is 11.1. The van der Waals surface area contributed by atoms with Crippen LogP contribution in [0.3, 0.4) is 0 Å². The van der Waals surface area contributed by atoms with Crippen LogP contribution in [-0.4, -0.2) is 39.5 Å². The van der Waals surface area contributed by atoms with Gasteiger partial charge in [-0.2, -0.15) is 0 Å². The molecule has 158 valence electrons. The Labute approximate surface area is 181 Å². The van der Waals surface area contributed by atoms with Crippen molar-refractivity contribution in [3.63, 3.8) is 0 Å². The molecule has 0 saturated heterocycles. The lowest BCUT2D eigenvalue weighted by molar-refractivity contribution is -0.113. The minimum Gasteiger partial charge on any atom is -0.465 e. The molecule has 7 nitrogen and oxygen atoms in total. The van der Waals surface area contributed by atoms with Gasteiger partial charge in [0.2, 0.25) is 5.91 Å². The first-order valence-electron chi connectivity index (χ1n) is 9.28. The van der Waals surface area contributed by atoms with Crippen molar-refractivity contribution in [3.8, 4) is 11.1 Å². The molecule has 0 atom stereocenters. The molecular formula is C20H21FN4O3S2. The van der Waals surface area contributed by atoms with E-state index in [1.807, 2.05) is 18.4 Å². The van der Waals surface area contributed by atoms with Crippen molar-refractivity contribution < 1.29 is 18.7 Å². The highest BCUT2D eigenvalue weighted by Crippen LogP contribution is 2.36. The zero-order valence-corrected chi connectivity index (χ0v) is 18.4. The number of carbonyl (C=O) groups excluding carboxylic acids is 2. The predicted octanol–water partition coefficient (Wildman–Crippen LogP) is 4.25. The Morgan fingerprint density at radius 2 is 1.97 bits per heavy atom. The third-order valence-electron chi connectivity index (χ3n) is 4.35. The zero-order valence-electron chi connectivity index (χ0n) is 16.8. The van der Waals surface area contributed by atoms with Crippen LogP contribution in [0.2, 0.25) is 0 Å². The second-order valence-corrected chi connectivity index (χ2v) is 8.01. The number of ether oxygens (including phenoxy) is 1. The number of hydrogen-bond donors (Lipinski definition) is 1. The van der Waals surface area contributed by atoms with E-state index in [4.69, 9.17) is 4.74 Å². The summed E-state index contributed by atoms with van der Waals surface area (Å²) in [6.07, 6.45) is 0.761. The number of carbonyl (C=O) groups is 2. The minimum atomic E-state index is -0.572. The number of methoxy groups -OCH3 is 1. The third-order valence-corrected chi connectivity index (χ3v) is 6.21. The van der Waals surface area contributed by atoms with Crippen molar-refractivity contribution >= 4 is 40.0 Å². The fourth-order valence-electron chi connectivity index (χ4n) is 2.89. The maximum absolute atomic E-state index is 13.2. The van der Waals surface area contributed by atoms with Crippen molar-refractivity contribution in [1.29, 1.82) is 0 Å². The highest BCUT2D eigenvalue weighted by Gasteiger charge is 2.22. The summed E-state index contributed by atoms with van der Waals surface area (Å²) in [5, 5.41) is 13.9. The molecule has 1 amide bonds. The zero-order chi connectivity index (χ0) is 21.7. The van der Waals surface area contributed by atoms with E-state index in [9.17, 15) is 14.0 Å². The summed E-state index contributed by atoms with van der Waals surface area (Å²) in [6.45, 7) is 4.72. The van der Waals surface area contributed by atoms with Crippen LogP contribution in [0, 0.1) is 5.82 Å². The van der Waals surface area contributed by atoms with E-state index in [0.29, 0.717) is 21.3 Å². The molecule has 3 aromatic rings. The van der Waals surface area contributed by atoms with E-state index in [2.05, 4.69) is 15.5 Å². The molecule has 2 aromatic heterocycles. The molecule has 0 radical (unpaired) electrons. The summed E-state index contributed by atoms with van der Waals surface area (Å²) in [5.74, 6) is -0.231. The van der Waals surface area contributed by atoms with Crippen molar-refractivity contribution in [2.24, 2.45) is 0 Å². The van der Waals surface area contributed by atoms with Gasteiger partial charge in [-0.1, -0.05) is 30.8 Å². The quantitative estimate of drug-likeness (QED) is 0.410. The standard InChI is InChI=1S/C20H21FN4O3S2/c1-4-15-23-24-20(25(15)5-2)30-11-16(26)22-18-17(19(27)28-3)14(10-29-18)12-6-8-13(21)9-7-12/h6-10H,4-5,11H2,1-3H3,(H,22,26). The molecule has 0 bridgehead atoms. The monoisotopic (exact) mass is 448 g/mol. The van der Waals surface area contributed by atoms with Crippen molar-refractivity contribution in [2.45, 2.75) is 32.0 Å². The summed E-state index contributed by atoms with van der Waals surface area (Å²) in [4.78, 5) is 24.9. The van der Waals surface area contributed by atoms with Gasteiger partial charge in [0.15, 0.2) is 5.16 Å². The Balaban J connectivity index is 1.77. The maximum atomic E-state index is 13.2. The first-order chi connectivity index (χ1) is 14.5. The van der Waals surface area contributed by atoms with Crippen LogP contribution in [0.4, 0.5) is 9.39 Å². The van der Waals surface area contributed by atoms with Gasteiger partial charge >= 0.3 is 5.97 Å². The number of aromatic nitrogens is 3. The van der Waals surface area contributed by atoms with Gasteiger partial charge in [-0.25, -0.2) is 9.18 Å². The van der Waals surface area contributed by atoms with E-state index in [0.717, 1.165) is 18.8 Å². The maximum Gasteiger partial charge on any atom is 0.341 e. The number of rotatable bonds is 8. The lowest BCUT2D eigenvalue weighted by Crippen LogP contribution is -2.16. The first kappa shape index (κ1) is 22.0. The highest BCUT2D eigenvalue weighted by atomic mass is 32.2. The molecule has 0 fully saturated rings. The number of nitrogens with zero attached hydrogens (tertiary/aromatic N) is 3. The number of nitrogens with one attached hydrogen (secondary N) is 1. The van der Waals surface area contributed by atoms with E-state index in [1.165, 1.54) is 42.3 Å². The van der Waals surface area contributed by atoms with Gasteiger partial charge in [-0.05, 0) is 24.6 Å². The van der Waals surface area contributed by atoms with Crippen LogP contribution in [-0.2, 0) is 22.5 Å². The topological polar surface area (TPSA) is 86.1 Å². The minimum absolute atomic E-state index is 0.117. The van der Waals surface area contributed by atoms with Crippen molar-refractivity contribution in [3.05, 3.63) is 46.9 Å². The number of aryl methyl sites for hydroxylation is 1. The Hall–Kier alpha value is -2.72. The Morgan fingerprint density at radius 3 is 2.60 bits per heavy atom. The predicted molar refractivity (Wildman–Crippen MR) is 115 cm³/mol. The molecule has 0 aliphatic heterocycles. The highest BCUT2D eigenvalue weighted by molar-refractivity contribution is 7.99. The van der Waals surface area contributed by atoms with Gasteiger partial charge in [0.1, 0.15) is 22.2 Å². The fraction of sp³-hybridized carbons (Fsp3) is 0.300. The summed E-state index contributed by atoms with van der Waals surface area (Å²) in [7, 11) is 1.28. The number of anilines is 1. The van der Waals surface area contributed by atoms with Gasteiger partial charge in [0.25, 0.3) is 0 Å². The smallest absolute Gasteiger partial charge is 0.341 e. The Morgan fingerprint density at radius 1 is 1.23 bits per heavy atom. The fourth-order valence-corrected chi connectivity index (χ4v) is 4.69. The average Bonchev–Trinajstić information content (AvgIpc) is 3.35. The number of thiophene rings is 1. The van der Waals surface area contributed by atoms with E-state index in [-0.39, 0.29) is 23.0 Å². The normalized spacial score (nSPS) is 10.8. The lowest BCUT2D eigenvalue weighted by Gasteiger charge is -2.08. The van der Waals surface area contributed by atoms with Crippen LogP contribution >= 0.6 is 23.1 Å². The molecule has 0 spiro atoms. The molecule has 3 rings (SSSR count). The van der Waals surface area contributed by atoms with Gasteiger partial charge in [-0.15, -0.1) is 21.5 Å². The van der Waals surface area contributed by atoms with Gasteiger partial charge in [-0.3, -0.25) is 4.79 Å². The van der Waals surface area contributed by atoms with Gasteiger partial charge < -0.3 is 14.6 Å². The molecule has 2 heterocycles. The molecular weight excluding hydrogens is 427 g/mol. The second kappa shape index (κ2) is 9.86. The molecule has 10 heteroatoms. The number of benzene rings is 1. The van der Waals surface area contributed by atoms with Crippen LogP contribution in [0.1, 0.15) is 30.0 Å². The van der Waals surface area contributed by atoms with E-state index in [1.54, 1.807) is 17.5 Å². The second-order valence-electron chi connectivity index (χ2n) is 6.19. The molecule has 30 heavy (non-hydrogen) atoms. The molecule has 0 aliphatic carbocycles. The number of amides is 1.